The summed E-state index contributed by atoms with van der Waals surface area (Å²) in [5, 5.41) is 0. The smallest absolute Gasteiger partial charge is 0.256 e. The second kappa shape index (κ2) is 4.49. The van der Waals surface area contributed by atoms with Crippen LogP contribution in [0.5, 0.6) is 0 Å². The molecule has 0 radical (unpaired) electrons. The zero-order valence-corrected chi connectivity index (χ0v) is 5.78. The molecule has 0 fully saturated rings. The molecule has 0 aliphatic carbocycles. The SMILES string of the molecule is C=CN(C=O)C(=O)/C=C/C. The molecule has 0 rings (SSSR count). The highest BCUT2D eigenvalue weighted by molar-refractivity contribution is 5.95. The monoisotopic (exact) mass is 139 g/mol. The molecule has 0 spiro atoms. The molecule has 0 aromatic carbocycles. The normalized spacial score (nSPS) is 9.30. The molecule has 3 heteroatoms. The van der Waals surface area contributed by atoms with Gasteiger partial charge in [-0.25, -0.2) is 0 Å². The number of carbonyl (C=O) groups excluding carboxylic acids is 2. The van der Waals surface area contributed by atoms with Crippen molar-refractivity contribution in [3.8, 4) is 0 Å². The lowest BCUT2D eigenvalue weighted by atomic mass is 10.5. The molecule has 10 heavy (non-hydrogen) atoms. The first-order chi connectivity index (χ1) is 4.76. The van der Waals surface area contributed by atoms with Crippen molar-refractivity contribution in [3.63, 3.8) is 0 Å². The fourth-order valence-electron chi connectivity index (χ4n) is 0.414. The molecule has 0 saturated carbocycles. The van der Waals surface area contributed by atoms with E-state index in [1.165, 1.54) is 6.08 Å². The predicted octanol–water partition coefficient (Wildman–Crippen LogP) is 0.691. The first-order valence-corrected chi connectivity index (χ1v) is 2.79. The topological polar surface area (TPSA) is 37.4 Å². The van der Waals surface area contributed by atoms with Crippen molar-refractivity contribution in [2.24, 2.45) is 0 Å². The molecule has 2 amide bonds. The van der Waals surface area contributed by atoms with Gasteiger partial charge in [-0.1, -0.05) is 12.7 Å². The maximum atomic E-state index is 10.7. The van der Waals surface area contributed by atoms with Crippen LogP contribution in [0.4, 0.5) is 0 Å². The lowest BCUT2D eigenvalue weighted by Gasteiger charge is -2.03. The molecular weight excluding hydrogens is 130 g/mol. The molecular formula is C7H9NO2. The van der Waals surface area contributed by atoms with Gasteiger partial charge in [0.05, 0.1) is 0 Å². The molecule has 0 bridgehead atoms. The highest BCUT2D eigenvalue weighted by Gasteiger charge is 2.01. The van der Waals surface area contributed by atoms with Crippen LogP contribution < -0.4 is 0 Å². The Morgan fingerprint density at radius 1 is 1.60 bits per heavy atom. The Kier molecular flexibility index (Phi) is 3.87. The summed E-state index contributed by atoms with van der Waals surface area (Å²) in [4.78, 5) is 21.7. The summed E-state index contributed by atoms with van der Waals surface area (Å²) in [6, 6.07) is 0. The van der Waals surface area contributed by atoms with Gasteiger partial charge in [0.15, 0.2) is 0 Å². The lowest BCUT2D eigenvalue weighted by molar-refractivity contribution is -0.131. The second-order valence-electron chi connectivity index (χ2n) is 1.53. The van der Waals surface area contributed by atoms with E-state index in [2.05, 4.69) is 6.58 Å². The molecule has 0 aromatic heterocycles. The first-order valence-electron chi connectivity index (χ1n) is 2.79. The van der Waals surface area contributed by atoms with Gasteiger partial charge in [-0.3, -0.25) is 14.5 Å². The van der Waals surface area contributed by atoms with Crippen LogP contribution >= 0.6 is 0 Å². The van der Waals surface area contributed by atoms with E-state index in [9.17, 15) is 9.59 Å². The Morgan fingerprint density at radius 3 is 2.50 bits per heavy atom. The van der Waals surface area contributed by atoms with Crippen molar-refractivity contribution in [2.45, 2.75) is 6.92 Å². The zero-order valence-electron chi connectivity index (χ0n) is 5.78. The molecule has 0 aliphatic heterocycles. The van der Waals surface area contributed by atoms with Gasteiger partial charge in [-0.15, -0.1) is 0 Å². The number of rotatable bonds is 3. The summed E-state index contributed by atoms with van der Waals surface area (Å²) in [5.41, 5.74) is 0. The molecule has 54 valence electrons. The Labute approximate surface area is 59.6 Å². The van der Waals surface area contributed by atoms with Crippen LogP contribution in [0.15, 0.2) is 24.9 Å². The first kappa shape index (κ1) is 8.62. The van der Waals surface area contributed by atoms with Crippen LogP contribution in [-0.2, 0) is 9.59 Å². The van der Waals surface area contributed by atoms with E-state index in [4.69, 9.17) is 0 Å². The maximum Gasteiger partial charge on any atom is 0.256 e. The zero-order chi connectivity index (χ0) is 7.98. The highest BCUT2D eigenvalue weighted by Crippen LogP contribution is 1.86. The fraction of sp³-hybridized carbons (Fsp3) is 0.143. The van der Waals surface area contributed by atoms with E-state index in [-0.39, 0.29) is 5.91 Å². The van der Waals surface area contributed by atoms with Gasteiger partial charge in [0.1, 0.15) is 0 Å². The van der Waals surface area contributed by atoms with E-state index in [0.717, 1.165) is 11.1 Å². The second-order valence-corrected chi connectivity index (χ2v) is 1.53. The van der Waals surface area contributed by atoms with Gasteiger partial charge >= 0.3 is 0 Å². The highest BCUT2D eigenvalue weighted by atomic mass is 16.2. The summed E-state index contributed by atoms with van der Waals surface area (Å²) < 4.78 is 0. The minimum absolute atomic E-state index is 0.382. The lowest BCUT2D eigenvalue weighted by Crippen LogP contribution is -2.20. The predicted molar refractivity (Wildman–Crippen MR) is 37.9 cm³/mol. The molecule has 0 heterocycles. The Balaban J connectivity index is 4.14. The van der Waals surface area contributed by atoms with Crippen LogP contribution in [-0.4, -0.2) is 17.2 Å². The average molecular weight is 139 g/mol. The van der Waals surface area contributed by atoms with Crippen LogP contribution in [0.1, 0.15) is 6.92 Å². The van der Waals surface area contributed by atoms with E-state index in [0.29, 0.717) is 6.41 Å². The van der Waals surface area contributed by atoms with Crippen molar-refractivity contribution in [1.29, 1.82) is 0 Å². The maximum absolute atomic E-state index is 10.7. The Morgan fingerprint density at radius 2 is 2.20 bits per heavy atom. The van der Waals surface area contributed by atoms with Gasteiger partial charge in [0, 0.05) is 6.20 Å². The molecule has 0 unspecified atom stereocenters. The van der Waals surface area contributed by atoms with Crippen LogP contribution in [0.25, 0.3) is 0 Å². The standard InChI is InChI=1S/C7H9NO2/c1-3-5-7(10)8(4-2)6-9/h3-6H,2H2,1H3/b5-3+. The largest absolute Gasteiger partial charge is 0.278 e. The van der Waals surface area contributed by atoms with Crippen molar-refractivity contribution >= 4 is 12.3 Å². The van der Waals surface area contributed by atoms with Gasteiger partial charge in [-0.2, -0.15) is 0 Å². The number of imide groups is 1. The number of carbonyl (C=O) groups is 2. The van der Waals surface area contributed by atoms with Gasteiger partial charge in [0.25, 0.3) is 5.91 Å². The van der Waals surface area contributed by atoms with Crippen LogP contribution in [0, 0.1) is 0 Å². The molecule has 3 nitrogen and oxygen atoms in total. The van der Waals surface area contributed by atoms with Gasteiger partial charge < -0.3 is 0 Å². The third kappa shape index (κ3) is 2.26. The minimum Gasteiger partial charge on any atom is -0.278 e. The number of hydrogen-bond donors (Lipinski definition) is 0. The van der Waals surface area contributed by atoms with Gasteiger partial charge in [0.2, 0.25) is 6.41 Å². The summed E-state index contributed by atoms with van der Waals surface area (Å²) in [6.45, 7) is 4.97. The van der Waals surface area contributed by atoms with E-state index < -0.39 is 0 Å². The fourth-order valence-corrected chi connectivity index (χ4v) is 0.414. The number of allylic oxidation sites excluding steroid dienone is 1. The third-order valence-electron chi connectivity index (χ3n) is 0.874. The van der Waals surface area contributed by atoms with Crippen molar-refractivity contribution in [1.82, 2.24) is 4.90 Å². The summed E-state index contributed by atoms with van der Waals surface area (Å²) in [6.07, 6.45) is 4.42. The Hall–Kier alpha value is -1.38. The van der Waals surface area contributed by atoms with Crippen molar-refractivity contribution in [2.75, 3.05) is 0 Å². The minimum atomic E-state index is -0.382. The number of amides is 2. The quantitative estimate of drug-likeness (QED) is 0.426. The van der Waals surface area contributed by atoms with Crippen LogP contribution in [0.3, 0.4) is 0 Å². The number of hydrogen-bond acceptors (Lipinski definition) is 2. The molecule has 0 atom stereocenters. The average Bonchev–Trinajstić information content (AvgIpc) is 1.91. The van der Waals surface area contributed by atoms with Crippen LogP contribution in [0.2, 0.25) is 0 Å². The van der Waals surface area contributed by atoms with Crippen molar-refractivity contribution in [3.05, 3.63) is 24.9 Å². The van der Waals surface area contributed by atoms with E-state index >= 15 is 0 Å². The summed E-state index contributed by atoms with van der Waals surface area (Å²) in [5.74, 6) is -0.382. The third-order valence-corrected chi connectivity index (χ3v) is 0.874. The van der Waals surface area contributed by atoms with Crippen molar-refractivity contribution < 1.29 is 9.59 Å². The molecule has 0 aliphatic rings. The molecule has 0 saturated heterocycles. The summed E-state index contributed by atoms with van der Waals surface area (Å²) in [7, 11) is 0. The van der Waals surface area contributed by atoms with E-state index in [1.807, 2.05) is 0 Å². The summed E-state index contributed by atoms with van der Waals surface area (Å²) >= 11 is 0. The van der Waals surface area contributed by atoms with E-state index in [1.54, 1.807) is 13.0 Å². The molecule has 0 N–H and O–H groups in total. The van der Waals surface area contributed by atoms with Gasteiger partial charge in [-0.05, 0) is 13.0 Å². The number of nitrogens with zero attached hydrogens (tertiary/aromatic N) is 1. The Bertz CT molecular complexity index is 164. The molecule has 0 aromatic rings.